The van der Waals surface area contributed by atoms with Crippen LogP contribution in [0, 0.1) is 15.9 Å². The molecular weight excluding hydrogens is 369 g/mol. The summed E-state index contributed by atoms with van der Waals surface area (Å²) in [5, 5.41) is 11.1. The molecule has 0 saturated heterocycles. The average Bonchev–Trinajstić information content (AvgIpc) is 2.65. The SMILES string of the molecule is O=c1[nH]c(/C=C/c2ccccc2OCc2ccccc2F)c([N+](=O)[O-])c(=O)[nH]1. The Balaban J connectivity index is 1.90. The van der Waals surface area contributed by atoms with E-state index >= 15 is 0 Å². The normalized spacial score (nSPS) is 10.9. The lowest BCUT2D eigenvalue weighted by Gasteiger charge is -2.09. The van der Waals surface area contributed by atoms with Gasteiger partial charge in [0.25, 0.3) is 0 Å². The first-order chi connectivity index (χ1) is 13.5. The first-order valence-corrected chi connectivity index (χ1v) is 8.10. The van der Waals surface area contributed by atoms with Gasteiger partial charge in [-0.1, -0.05) is 36.4 Å². The highest BCUT2D eigenvalue weighted by Crippen LogP contribution is 2.23. The number of nitro groups is 1. The van der Waals surface area contributed by atoms with Crippen molar-refractivity contribution in [2.45, 2.75) is 6.61 Å². The number of para-hydroxylation sites is 1. The van der Waals surface area contributed by atoms with Gasteiger partial charge >= 0.3 is 16.9 Å². The third-order valence-electron chi connectivity index (χ3n) is 3.82. The van der Waals surface area contributed by atoms with Crippen LogP contribution >= 0.6 is 0 Å². The highest BCUT2D eigenvalue weighted by molar-refractivity contribution is 5.74. The fourth-order valence-electron chi connectivity index (χ4n) is 2.49. The number of H-pyrrole nitrogens is 2. The van der Waals surface area contributed by atoms with Crippen molar-refractivity contribution in [3.05, 3.63) is 102 Å². The number of aromatic amines is 2. The monoisotopic (exact) mass is 383 g/mol. The lowest BCUT2D eigenvalue weighted by Crippen LogP contribution is -2.25. The lowest BCUT2D eigenvalue weighted by atomic mass is 10.1. The Hall–Kier alpha value is -4.01. The topological polar surface area (TPSA) is 118 Å². The number of nitrogens with zero attached hydrogens (tertiary/aromatic N) is 1. The quantitative estimate of drug-likeness (QED) is 0.501. The zero-order valence-electron chi connectivity index (χ0n) is 14.3. The number of benzene rings is 2. The first-order valence-electron chi connectivity index (χ1n) is 8.10. The summed E-state index contributed by atoms with van der Waals surface area (Å²) in [5.74, 6) is 0.00378. The van der Waals surface area contributed by atoms with E-state index in [-0.39, 0.29) is 12.3 Å². The van der Waals surface area contributed by atoms with Gasteiger partial charge in [-0.15, -0.1) is 0 Å². The van der Waals surface area contributed by atoms with Crippen molar-refractivity contribution in [3.63, 3.8) is 0 Å². The van der Waals surface area contributed by atoms with E-state index in [1.165, 1.54) is 18.2 Å². The zero-order chi connectivity index (χ0) is 20.1. The van der Waals surface area contributed by atoms with Crippen LogP contribution in [0.5, 0.6) is 5.75 Å². The second-order valence-corrected chi connectivity index (χ2v) is 5.68. The number of aromatic nitrogens is 2. The van der Waals surface area contributed by atoms with E-state index in [0.29, 0.717) is 16.9 Å². The van der Waals surface area contributed by atoms with E-state index in [0.717, 1.165) is 0 Å². The first kappa shape index (κ1) is 18.8. The van der Waals surface area contributed by atoms with Gasteiger partial charge in [0, 0.05) is 11.1 Å². The van der Waals surface area contributed by atoms with E-state index in [4.69, 9.17) is 4.74 Å². The van der Waals surface area contributed by atoms with Crippen molar-refractivity contribution in [2.24, 2.45) is 0 Å². The molecular formula is C19H14FN3O5. The Morgan fingerprint density at radius 3 is 2.50 bits per heavy atom. The maximum atomic E-state index is 13.7. The summed E-state index contributed by atoms with van der Waals surface area (Å²) >= 11 is 0. The van der Waals surface area contributed by atoms with Crippen molar-refractivity contribution >= 4 is 17.8 Å². The molecule has 142 valence electrons. The van der Waals surface area contributed by atoms with Gasteiger partial charge in [-0.3, -0.25) is 19.9 Å². The zero-order valence-corrected chi connectivity index (χ0v) is 14.3. The number of hydrogen-bond donors (Lipinski definition) is 2. The number of halogens is 1. The van der Waals surface area contributed by atoms with Crippen molar-refractivity contribution < 1.29 is 14.1 Å². The second kappa shape index (κ2) is 8.12. The van der Waals surface area contributed by atoms with Gasteiger partial charge in [0.1, 0.15) is 23.9 Å². The molecule has 9 heteroatoms. The molecule has 0 spiro atoms. The molecule has 0 aliphatic heterocycles. The van der Waals surface area contributed by atoms with Crippen LogP contribution in [0.3, 0.4) is 0 Å². The van der Waals surface area contributed by atoms with Gasteiger partial charge in [-0.2, -0.15) is 0 Å². The van der Waals surface area contributed by atoms with E-state index < -0.39 is 27.7 Å². The Bertz CT molecular complexity index is 1170. The molecule has 0 unspecified atom stereocenters. The molecule has 0 saturated carbocycles. The summed E-state index contributed by atoms with van der Waals surface area (Å²) < 4.78 is 19.4. The molecule has 1 heterocycles. The molecule has 2 aromatic carbocycles. The summed E-state index contributed by atoms with van der Waals surface area (Å²) in [6.07, 6.45) is 2.69. The number of nitrogens with one attached hydrogen (secondary N) is 2. The number of ether oxygens (including phenoxy) is 1. The van der Waals surface area contributed by atoms with Crippen LogP contribution in [-0.4, -0.2) is 14.9 Å². The minimum atomic E-state index is -1.10. The minimum absolute atomic E-state index is 0.0144. The molecule has 8 nitrogen and oxygen atoms in total. The molecule has 2 N–H and O–H groups in total. The Morgan fingerprint density at radius 1 is 1.04 bits per heavy atom. The van der Waals surface area contributed by atoms with Gasteiger partial charge in [-0.25, -0.2) is 9.18 Å². The third-order valence-corrected chi connectivity index (χ3v) is 3.82. The molecule has 0 bridgehead atoms. The predicted molar refractivity (Wildman–Crippen MR) is 100 cm³/mol. The summed E-state index contributed by atoms with van der Waals surface area (Å²) in [7, 11) is 0. The van der Waals surface area contributed by atoms with Crippen LogP contribution in [-0.2, 0) is 6.61 Å². The Labute approximate surface area is 157 Å². The molecule has 3 aromatic rings. The van der Waals surface area contributed by atoms with Gasteiger partial charge in [0.05, 0.1) is 4.92 Å². The van der Waals surface area contributed by atoms with E-state index in [1.807, 2.05) is 4.98 Å². The smallest absolute Gasteiger partial charge is 0.357 e. The van der Waals surface area contributed by atoms with Gasteiger partial charge in [-0.05, 0) is 24.3 Å². The largest absolute Gasteiger partial charge is 0.488 e. The third kappa shape index (κ3) is 4.21. The molecule has 28 heavy (non-hydrogen) atoms. The van der Waals surface area contributed by atoms with Gasteiger partial charge in [0.15, 0.2) is 0 Å². The molecule has 0 aliphatic carbocycles. The van der Waals surface area contributed by atoms with Crippen LogP contribution in [0.2, 0.25) is 0 Å². The number of hydrogen-bond acceptors (Lipinski definition) is 5. The fourth-order valence-corrected chi connectivity index (χ4v) is 2.49. The molecule has 0 fully saturated rings. The van der Waals surface area contributed by atoms with Crippen molar-refractivity contribution in [1.29, 1.82) is 0 Å². The van der Waals surface area contributed by atoms with E-state index in [2.05, 4.69) is 4.98 Å². The van der Waals surface area contributed by atoms with E-state index in [1.54, 1.807) is 42.5 Å². The highest BCUT2D eigenvalue weighted by Gasteiger charge is 2.18. The molecule has 0 atom stereocenters. The maximum Gasteiger partial charge on any atom is 0.357 e. The summed E-state index contributed by atoms with van der Waals surface area (Å²) in [6.45, 7) is -0.0144. The van der Waals surface area contributed by atoms with Crippen LogP contribution < -0.4 is 16.0 Å². The van der Waals surface area contributed by atoms with Crippen molar-refractivity contribution in [2.75, 3.05) is 0 Å². The second-order valence-electron chi connectivity index (χ2n) is 5.68. The van der Waals surface area contributed by atoms with Crippen molar-refractivity contribution in [3.8, 4) is 5.75 Å². The Kier molecular flexibility index (Phi) is 5.45. The minimum Gasteiger partial charge on any atom is -0.488 e. The summed E-state index contributed by atoms with van der Waals surface area (Å²) in [6, 6.07) is 12.9. The molecule has 1 aromatic heterocycles. The lowest BCUT2D eigenvalue weighted by molar-refractivity contribution is -0.386. The van der Waals surface area contributed by atoms with Crippen LogP contribution in [0.25, 0.3) is 12.2 Å². The van der Waals surface area contributed by atoms with Crippen LogP contribution in [0.15, 0.2) is 58.1 Å². The summed E-state index contributed by atoms with van der Waals surface area (Å²) in [4.78, 5) is 37.3. The van der Waals surface area contributed by atoms with Crippen molar-refractivity contribution in [1.82, 2.24) is 9.97 Å². The van der Waals surface area contributed by atoms with E-state index in [9.17, 15) is 24.1 Å². The molecule has 0 aliphatic rings. The average molecular weight is 383 g/mol. The number of rotatable bonds is 6. The predicted octanol–water partition coefficient (Wildman–Crippen LogP) is 2.86. The molecule has 0 amide bonds. The fraction of sp³-hybridized carbons (Fsp3) is 0.0526. The highest BCUT2D eigenvalue weighted by atomic mass is 19.1. The standard InChI is InChI=1S/C19H14FN3O5/c20-14-7-3-1-6-13(14)11-28-16-8-4-2-5-12(16)9-10-15-17(23(26)27)18(24)22-19(25)21-15/h1-10H,11H2,(H2,21,22,24,25)/b10-9+. The molecule has 3 rings (SSSR count). The van der Waals surface area contributed by atoms with Crippen LogP contribution in [0.4, 0.5) is 10.1 Å². The van der Waals surface area contributed by atoms with Crippen LogP contribution in [0.1, 0.15) is 16.8 Å². The summed E-state index contributed by atoms with van der Waals surface area (Å²) in [5.41, 5.74) is -2.09. The molecule has 0 radical (unpaired) electrons. The van der Waals surface area contributed by atoms with Gasteiger partial charge in [0.2, 0.25) is 0 Å². The Morgan fingerprint density at radius 2 is 1.75 bits per heavy atom. The maximum absolute atomic E-state index is 13.7. The van der Waals surface area contributed by atoms with Gasteiger partial charge < -0.3 is 9.72 Å².